The van der Waals surface area contributed by atoms with Gasteiger partial charge in [-0.1, -0.05) is 50.8 Å². The normalized spacial score (nSPS) is 17.6. The largest absolute Gasteiger partial charge is 0.451 e. The molecule has 2 atom stereocenters. The van der Waals surface area contributed by atoms with E-state index in [4.69, 9.17) is 4.74 Å². The molecule has 1 aromatic rings. The lowest BCUT2D eigenvalue weighted by Crippen LogP contribution is -2.48. The molecule has 0 aliphatic heterocycles. The summed E-state index contributed by atoms with van der Waals surface area (Å²) in [5, 5.41) is 2.92. The summed E-state index contributed by atoms with van der Waals surface area (Å²) < 4.78 is 33.0. The molecule has 1 saturated carbocycles. The summed E-state index contributed by atoms with van der Waals surface area (Å²) in [4.78, 5) is 25.1. The molecule has 8 heteroatoms. The van der Waals surface area contributed by atoms with Crippen LogP contribution < -0.4 is 10.0 Å². The molecule has 29 heavy (non-hydrogen) atoms. The maximum Gasteiger partial charge on any atom is 0.325 e. The molecule has 0 aromatic heterocycles. The maximum absolute atomic E-state index is 12.6. The van der Waals surface area contributed by atoms with Crippen molar-refractivity contribution < 1.29 is 22.7 Å². The van der Waals surface area contributed by atoms with Gasteiger partial charge >= 0.3 is 5.97 Å². The predicted octanol–water partition coefficient (Wildman–Crippen LogP) is 2.68. The van der Waals surface area contributed by atoms with E-state index in [-0.39, 0.29) is 22.8 Å². The lowest BCUT2D eigenvalue weighted by atomic mass is 9.95. The Morgan fingerprint density at radius 2 is 1.62 bits per heavy atom. The number of hydrogen-bond donors (Lipinski definition) is 2. The van der Waals surface area contributed by atoms with E-state index < -0.39 is 28.1 Å². The number of rotatable bonds is 8. The van der Waals surface area contributed by atoms with Crippen molar-refractivity contribution in [3.63, 3.8) is 0 Å². The van der Waals surface area contributed by atoms with Crippen LogP contribution in [0, 0.1) is 12.8 Å². The molecule has 2 rings (SSSR count). The van der Waals surface area contributed by atoms with Gasteiger partial charge in [0.05, 0.1) is 4.90 Å². The predicted molar refractivity (Wildman–Crippen MR) is 111 cm³/mol. The second-order valence-electron chi connectivity index (χ2n) is 8.08. The van der Waals surface area contributed by atoms with Gasteiger partial charge in [-0.05, 0) is 44.7 Å². The van der Waals surface area contributed by atoms with Gasteiger partial charge in [0.15, 0.2) is 6.10 Å². The van der Waals surface area contributed by atoms with E-state index in [9.17, 15) is 18.0 Å². The zero-order valence-electron chi connectivity index (χ0n) is 17.6. The highest BCUT2D eigenvalue weighted by atomic mass is 32.2. The number of esters is 1. The highest BCUT2D eigenvalue weighted by Crippen LogP contribution is 2.18. The van der Waals surface area contributed by atoms with E-state index in [2.05, 4.69) is 10.0 Å². The molecule has 1 aromatic carbocycles. The molecule has 1 fully saturated rings. The quantitative estimate of drug-likeness (QED) is 0.625. The van der Waals surface area contributed by atoms with Crippen LogP contribution in [0.2, 0.25) is 0 Å². The summed E-state index contributed by atoms with van der Waals surface area (Å²) >= 11 is 0. The smallest absolute Gasteiger partial charge is 0.325 e. The minimum absolute atomic E-state index is 0.0737. The van der Waals surface area contributed by atoms with E-state index in [1.54, 1.807) is 26.0 Å². The molecule has 2 N–H and O–H groups in total. The van der Waals surface area contributed by atoms with Gasteiger partial charge < -0.3 is 10.1 Å². The van der Waals surface area contributed by atoms with Crippen LogP contribution in [-0.2, 0) is 24.3 Å². The molecule has 1 amide bonds. The van der Waals surface area contributed by atoms with Crippen LogP contribution >= 0.6 is 0 Å². The zero-order valence-corrected chi connectivity index (χ0v) is 18.4. The second kappa shape index (κ2) is 10.2. The molecule has 1 aliphatic carbocycles. The number of sulfonamides is 1. The number of nitrogens with one attached hydrogen (secondary N) is 2. The van der Waals surface area contributed by atoms with Gasteiger partial charge in [0, 0.05) is 6.04 Å². The van der Waals surface area contributed by atoms with E-state index in [0.717, 1.165) is 31.2 Å². The standard InChI is InChI=1S/C21H32N2O5S/c1-14(2)19(23-29(26,27)18-12-10-15(3)11-13-18)21(25)28-16(4)20(24)22-17-8-6-5-7-9-17/h10-14,16-17,19,23H,5-9H2,1-4H3,(H,22,24)/t16-,19-/m0/s1. The Morgan fingerprint density at radius 3 is 2.17 bits per heavy atom. The highest BCUT2D eigenvalue weighted by molar-refractivity contribution is 7.89. The number of benzene rings is 1. The first kappa shape index (κ1) is 23.3. The summed E-state index contributed by atoms with van der Waals surface area (Å²) in [6, 6.07) is 5.37. The van der Waals surface area contributed by atoms with Crippen LogP contribution in [0.1, 0.15) is 58.4 Å². The van der Waals surface area contributed by atoms with Gasteiger partial charge in [0.1, 0.15) is 6.04 Å². The van der Waals surface area contributed by atoms with Crippen molar-refractivity contribution in [2.24, 2.45) is 5.92 Å². The Hall–Kier alpha value is -1.93. The van der Waals surface area contributed by atoms with Crippen LogP contribution in [0.5, 0.6) is 0 Å². The lowest BCUT2D eigenvalue weighted by Gasteiger charge is -2.26. The zero-order chi connectivity index (χ0) is 21.6. The van der Waals surface area contributed by atoms with Gasteiger partial charge in [0.25, 0.3) is 5.91 Å². The SMILES string of the molecule is Cc1ccc(S(=O)(=O)N[C@H](C(=O)O[C@@H](C)C(=O)NC2CCCCC2)C(C)C)cc1. The highest BCUT2D eigenvalue weighted by Gasteiger charge is 2.32. The molecular formula is C21H32N2O5S. The first-order valence-corrected chi connectivity index (χ1v) is 11.7. The Labute approximate surface area is 173 Å². The molecule has 0 unspecified atom stereocenters. The van der Waals surface area contributed by atoms with Gasteiger partial charge in [-0.3, -0.25) is 9.59 Å². The molecule has 1 aliphatic rings. The average Bonchev–Trinajstić information content (AvgIpc) is 2.67. The fourth-order valence-corrected chi connectivity index (χ4v) is 4.61. The first-order valence-electron chi connectivity index (χ1n) is 10.2. The monoisotopic (exact) mass is 424 g/mol. The van der Waals surface area contributed by atoms with Gasteiger partial charge in [-0.2, -0.15) is 4.72 Å². The maximum atomic E-state index is 12.6. The second-order valence-corrected chi connectivity index (χ2v) is 9.79. The molecule has 0 spiro atoms. The number of carbonyl (C=O) groups is 2. The number of carbonyl (C=O) groups excluding carboxylic acids is 2. The average molecular weight is 425 g/mol. The summed E-state index contributed by atoms with van der Waals surface area (Å²) in [6.07, 6.45) is 4.20. The Balaban J connectivity index is 2.00. The van der Waals surface area contributed by atoms with Crippen LogP contribution in [0.3, 0.4) is 0 Å². The van der Waals surface area contributed by atoms with Crippen molar-refractivity contribution in [1.29, 1.82) is 0 Å². The van der Waals surface area contributed by atoms with Gasteiger partial charge in [-0.15, -0.1) is 0 Å². The molecule has 0 radical (unpaired) electrons. The van der Waals surface area contributed by atoms with Crippen molar-refractivity contribution in [2.45, 2.75) is 82.9 Å². The molecule has 7 nitrogen and oxygen atoms in total. The van der Waals surface area contributed by atoms with Gasteiger partial charge in [-0.25, -0.2) is 8.42 Å². The summed E-state index contributed by atoms with van der Waals surface area (Å²) in [5.74, 6) is -1.47. The summed E-state index contributed by atoms with van der Waals surface area (Å²) in [6.45, 7) is 6.80. The van der Waals surface area contributed by atoms with E-state index in [1.165, 1.54) is 25.5 Å². The summed E-state index contributed by atoms with van der Waals surface area (Å²) in [7, 11) is -3.90. The topological polar surface area (TPSA) is 102 Å². The fourth-order valence-electron chi connectivity index (χ4n) is 3.28. The Kier molecular flexibility index (Phi) is 8.22. The lowest BCUT2D eigenvalue weighted by molar-refractivity contribution is -0.157. The number of amides is 1. The third kappa shape index (κ3) is 6.82. The first-order chi connectivity index (χ1) is 13.6. The number of ether oxygens (including phenoxy) is 1. The Bertz CT molecular complexity index is 799. The van der Waals surface area contributed by atoms with Crippen LogP contribution in [0.4, 0.5) is 0 Å². The van der Waals surface area contributed by atoms with Gasteiger partial charge in [0.2, 0.25) is 10.0 Å². The number of aryl methyl sites for hydroxylation is 1. The Morgan fingerprint density at radius 1 is 1.03 bits per heavy atom. The number of hydrogen-bond acceptors (Lipinski definition) is 5. The fraction of sp³-hybridized carbons (Fsp3) is 0.619. The summed E-state index contributed by atoms with van der Waals surface area (Å²) in [5.41, 5.74) is 0.932. The van der Waals surface area contributed by atoms with Crippen molar-refractivity contribution in [3.05, 3.63) is 29.8 Å². The molecule has 162 valence electrons. The van der Waals surface area contributed by atoms with Crippen LogP contribution in [0.25, 0.3) is 0 Å². The van der Waals surface area contributed by atoms with Crippen molar-refractivity contribution >= 4 is 21.9 Å². The van der Waals surface area contributed by atoms with E-state index in [1.807, 2.05) is 6.92 Å². The third-order valence-electron chi connectivity index (χ3n) is 5.15. The third-order valence-corrected chi connectivity index (χ3v) is 6.60. The minimum Gasteiger partial charge on any atom is -0.451 e. The van der Waals surface area contributed by atoms with E-state index in [0.29, 0.717) is 0 Å². The van der Waals surface area contributed by atoms with Crippen molar-refractivity contribution in [3.8, 4) is 0 Å². The molecular weight excluding hydrogens is 392 g/mol. The van der Waals surface area contributed by atoms with Crippen molar-refractivity contribution in [2.75, 3.05) is 0 Å². The minimum atomic E-state index is -3.90. The molecule has 0 saturated heterocycles. The van der Waals surface area contributed by atoms with Crippen LogP contribution in [-0.4, -0.2) is 38.5 Å². The van der Waals surface area contributed by atoms with E-state index >= 15 is 0 Å². The molecule has 0 heterocycles. The molecule has 0 bridgehead atoms. The van der Waals surface area contributed by atoms with Crippen molar-refractivity contribution in [1.82, 2.24) is 10.0 Å². The van der Waals surface area contributed by atoms with Crippen LogP contribution in [0.15, 0.2) is 29.2 Å².